The Morgan fingerprint density at radius 2 is 1.88 bits per heavy atom. The third kappa shape index (κ3) is 3.91. The zero-order chi connectivity index (χ0) is 17.8. The Labute approximate surface area is 149 Å². The van der Waals surface area contributed by atoms with Crippen LogP contribution in [0.25, 0.3) is 0 Å². The summed E-state index contributed by atoms with van der Waals surface area (Å²) in [7, 11) is 0. The van der Waals surface area contributed by atoms with E-state index in [-0.39, 0.29) is 11.6 Å². The van der Waals surface area contributed by atoms with Crippen LogP contribution >= 0.6 is 11.8 Å². The zero-order valence-electron chi connectivity index (χ0n) is 13.9. The maximum absolute atomic E-state index is 13.8. The monoisotopic (exact) mass is 356 g/mol. The molecule has 6 heteroatoms. The number of para-hydroxylation sites is 1. The van der Waals surface area contributed by atoms with Crippen LogP contribution < -0.4 is 5.32 Å². The Morgan fingerprint density at radius 1 is 1.16 bits per heavy atom. The summed E-state index contributed by atoms with van der Waals surface area (Å²) < 4.78 is 18.9. The first-order valence-corrected chi connectivity index (χ1v) is 8.74. The van der Waals surface area contributed by atoms with Crippen molar-refractivity contribution in [1.82, 2.24) is 5.16 Å². The van der Waals surface area contributed by atoms with Gasteiger partial charge in [-0.3, -0.25) is 4.79 Å². The molecule has 0 saturated heterocycles. The quantitative estimate of drug-likeness (QED) is 0.656. The second-order valence-electron chi connectivity index (χ2n) is 5.52. The minimum absolute atomic E-state index is 0.165. The lowest BCUT2D eigenvalue weighted by Crippen LogP contribution is -2.14. The van der Waals surface area contributed by atoms with Crippen LogP contribution in [0.4, 0.5) is 10.1 Å². The van der Waals surface area contributed by atoms with E-state index in [1.165, 1.54) is 23.9 Å². The molecule has 0 radical (unpaired) electrons. The van der Waals surface area contributed by atoms with Gasteiger partial charge < -0.3 is 9.84 Å². The van der Waals surface area contributed by atoms with E-state index in [0.29, 0.717) is 11.3 Å². The van der Waals surface area contributed by atoms with Crippen LogP contribution in [0.5, 0.6) is 0 Å². The van der Waals surface area contributed by atoms with Crippen molar-refractivity contribution in [3.8, 4) is 0 Å². The van der Waals surface area contributed by atoms with Gasteiger partial charge in [0.25, 0.3) is 5.91 Å². The number of nitrogens with one attached hydrogen (secondary N) is 1. The summed E-state index contributed by atoms with van der Waals surface area (Å²) in [4.78, 5) is 13.4. The summed E-state index contributed by atoms with van der Waals surface area (Å²) in [5.74, 6) is 0.618. The molecule has 4 nitrogen and oxygen atoms in total. The highest BCUT2D eigenvalue weighted by molar-refractivity contribution is 7.98. The number of hydrogen-bond donors (Lipinski definition) is 1. The number of thioether (sulfide) groups is 1. The molecule has 0 unspecified atom stereocenters. The molecule has 25 heavy (non-hydrogen) atoms. The van der Waals surface area contributed by atoms with Crippen molar-refractivity contribution in [1.29, 1.82) is 0 Å². The number of carbonyl (C=O) groups excluding carboxylic acids is 1. The molecule has 0 atom stereocenters. The Morgan fingerprint density at radius 3 is 2.60 bits per heavy atom. The second-order valence-corrected chi connectivity index (χ2v) is 6.54. The maximum atomic E-state index is 13.8. The van der Waals surface area contributed by atoms with Crippen LogP contribution in [0.2, 0.25) is 0 Å². The fraction of sp³-hybridized carbons (Fsp3) is 0.158. The molecule has 1 N–H and O–H groups in total. The Balaban J connectivity index is 1.79. The summed E-state index contributed by atoms with van der Waals surface area (Å²) in [5, 5.41) is 6.57. The highest BCUT2D eigenvalue weighted by Gasteiger charge is 2.15. The van der Waals surface area contributed by atoms with E-state index in [9.17, 15) is 9.18 Å². The van der Waals surface area contributed by atoms with Crippen molar-refractivity contribution < 1.29 is 13.7 Å². The van der Waals surface area contributed by atoms with Crippen molar-refractivity contribution >= 4 is 23.4 Å². The SMILES string of the molecule is Cc1noc(C)c1CSc1ccccc1C(=O)Nc1ccccc1F. The van der Waals surface area contributed by atoms with Gasteiger partial charge >= 0.3 is 0 Å². The number of benzene rings is 2. The Kier molecular flexibility index (Phi) is 5.19. The summed E-state index contributed by atoms with van der Waals surface area (Å²) in [5.41, 5.74) is 2.54. The van der Waals surface area contributed by atoms with Crippen LogP contribution in [-0.4, -0.2) is 11.1 Å². The fourth-order valence-corrected chi connectivity index (χ4v) is 3.59. The van der Waals surface area contributed by atoms with Crippen molar-refractivity contribution in [2.75, 3.05) is 5.32 Å². The van der Waals surface area contributed by atoms with E-state index in [1.807, 2.05) is 26.0 Å². The molecule has 0 aliphatic carbocycles. The summed E-state index contributed by atoms with van der Waals surface area (Å²) in [6.45, 7) is 3.76. The molecule has 3 rings (SSSR count). The summed E-state index contributed by atoms with van der Waals surface area (Å²) >= 11 is 1.52. The van der Waals surface area contributed by atoms with Gasteiger partial charge in [0, 0.05) is 16.2 Å². The predicted octanol–water partition coefficient (Wildman–Crippen LogP) is 4.98. The molecule has 2 aromatic carbocycles. The van der Waals surface area contributed by atoms with Crippen LogP contribution in [-0.2, 0) is 5.75 Å². The molecular formula is C19H17FN2O2S. The first-order valence-electron chi connectivity index (χ1n) is 7.75. The number of aryl methyl sites for hydroxylation is 2. The van der Waals surface area contributed by atoms with Crippen LogP contribution in [0.15, 0.2) is 57.9 Å². The number of aromatic nitrogens is 1. The van der Waals surface area contributed by atoms with E-state index in [2.05, 4.69) is 10.5 Å². The van der Waals surface area contributed by atoms with Crippen molar-refractivity contribution in [3.05, 3.63) is 76.9 Å². The van der Waals surface area contributed by atoms with Crippen LogP contribution in [0, 0.1) is 19.7 Å². The minimum atomic E-state index is -0.461. The molecule has 1 amide bonds. The first kappa shape index (κ1) is 17.2. The largest absolute Gasteiger partial charge is 0.361 e. The molecule has 0 aliphatic rings. The van der Waals surface area contributed by atoms with E-state index in [0.717, 1.165) is 21.9 Å². The van der Waals surface area contributed by atoms with Crippen LogP contribution in [0.1, 0.15) is 27.4 Å². The van der Waals surface area contributed by atoms with Crippen molar-refractivity contribution in [2.45, 2.75) is 24.5 Å². The summed E-state index contributed by atoms with van der Waals surface area (Å²) in [6, 6.07) is 13.4. The third-order valence-corrected chi connectivity index (χ3v) is 4.91. The van der Waals surface area contributed by atoms with Gasteiger partial charge in [-0.2, -0.15) is 0 Å². The van der Waals surface area contributed by atoms with Crippen LogP contribution in [0.3, 0.4) is 0 Å². The summed E-state index contributed by atoms with van der Waals surface area (Å²) in [6.07, 6.45) is 0. The molecule has 0 bridgehead atoms. The molecule has 0 saturated carbocycles. The van der Waals surface area contributed by atoms with Gasteiger partial charge in [0.15, 0.2) is 0 Å². The zero-order valence-corrected chi connectivity index (χ0v) is 14.7. The smallest absolute Gasteiger partial charge is 0.256 e. The van der Waals surface area contributed by atoms with E-state index in [4.69, 9.17) is 4.52 Å². The molecule has 1 heterocycles. The lowest BCUT2D eigenvalue weighted by atomic mass is 10.2. The molecule has 0 aliphatic heterocycles. The third-order valence-electron chi connectivity index (χ3n) is 3.81. The van der Waals surface area contributed by atoms with Gasteiger partial charge in [0.05, 0.1) is 16.9 Å². The first-order chi connectivity index (χ1) is 12.1. The molecular weight excluding hydrogens is 339 g/mol. The molecule has 1 aromatic heterocycles. The number of rotatable bonds is 5. The Bertz CT molecular complexity index is 888. The second kappa shape index (κ2) is 7.53. The van der Waals surface area contributed by atoms with E-state index in [1.54, 1.807) is 24.3 Å². The van der Waals surface area contributed by atoms with E-state index >= 15 is 0 Å². The van der Waals surface area contributed by atoms with Crippen molar-refractivity contribution in [3.63, 3.8) is 0 Å². The van der Waals surface area contributed by atoms with Gasteiger partial charge in [-0.1, -0.05) is 29.4 Å². The lowest BCUT2D eigenvalue weighted by molar-refractivity contribution is 0.102. The molecule has 0 fully saturated rings. The lowest BCUT2D eigenvalue weighted by Gasteiger charge is -2.10. The average Bonchev–Trinajstić information content (AvgIpc) is 2.93. The van der Waals surface area contributed by atoms with Gasteiger partial charge in [-0.15, -0.1) is 11.8 Å². The highest BCUT2D eigenvalue weighted by Crippen LogP contribution is 2.29. The normalized spacial score (nSPS) is 10.7. The topological polar surface area (TPSA) is 55.1 Å². The van der Waals surface area contributed by atoms with Gasteiger partial charge in [0.1, 0.15) is 11.6 Å². The highest BCUT2D eigenvalue weighted by atomic mass is 32.2. The van der Waals surface area contributed by atoms with Crippen molar-refractivity contribution in [2.24, 2.45) is 0 Å². The van der Waals surface area contributed by atoms with Gasteiger partial charge in [0.2, 0.25) is 0 Å². The molecule has 0 spiro atoms. The number of carbonyl (C=O) groups is 1. The number of anilines is 1. The predicted molar refractivity (Wildman–Crippen MR) is 96.3 cm³/mol. The minimum Gasteiger partial charge on any atom is -0.361 e. The Hall–Kier alpha value is -2.60. The molecule has 128 valence electrons. The number of halogens is 1. The molecule has 3 aromatic rings. The van der Waals surface area contributed by atoms with E-state index < -0.39 is 5.82 Å². The maximum Gasteiger partial charge on any atom is 0.256 e. The fourth-order valence-electron chi connectivity index (χ4n) is 2.39. The standard InChI is InChI=1S/C19H17FN2O2S/c1-12-15(13(2)24-22-12)11-25-18-10-6-3-7-14(18)19(23)21-17-9-5-4-8-16(17)20/h3-10H,11H2,1-2H3,(H,21,23). The van der Waals surface area contributed by atoms with Gasteiger partial charge in [-0.25, -0.2) is 4.39 Å². The van der Waals surface area contributed by atoms with Gasteiger partial charge in [-0.05, 0) is 38.1 Å². The number of nitrogens with zero attached hydrogens (tertiary/aromatic N) is 1. The average molecular weight is 356 g/mol. The number of amides is 1. The number of hydrogen-bond acceptors (Lipinski definition) is 4.